The molecule has 0 aliphatic carbocycles. The van der Waals surface area contributed by atoms with E-state index < -0.39 is 0 Å². The Morgan fingerprint density at radius 3 is 2.78 bits per heavy atom. The SMILES string of the molecule is COCc1c(Br)cccc1NCC(C)C(=O)OC. The molecule has 0 aliphatic heterocycles. The predicted molar refractivity (Wildman–Crippen MR) is 74.5 cm³/mol. The second-order valence-electron chi connectivity index (χ2n) is 4.00. The lowest BCUT2D eigenvalue weighted by molar-refractivity contribution is -0.144. The van der Waals surface area contributed by atoms with Gasteiger partial charge in [-0.05, 0) is 12.1 Å². The quantitative estimate of drug-likeness (QED) is 0.820. The van der Waals surface area contributed by atoms with E-state index in [9.17, 15) is 4.79 Å². The van der Waals surface area contributed by atoms with Crippen LogP contribution in [0.3, 0.4) is 0 Å². The largest absolute Gasteiger partial charge is 0.469 e. The van der Waals surface area contributed by atoms with Gasteiger partial charge in [-0.25, -0.2) is 0 Å². The summed E-state index contributed by atoms with van der Waals surface area (Å²) in [4.78, 5) is 11.3. The Morgan fingerprint density at radius 2 is 2.17 bits per heavy atom. The first-order valence-corrected chi connectivity index (χ1v) is 6.47. The fraction of sp³-hybridized carbons (Fsp3) is 0.462. The molecule has 0 saturated heterocycles. The molecule has 0 aliphatic rings. The highest BCUT2D eigenvalue weighted by atomic mass is 79.9. The maximum atomic E-state index is 11.3. The molecule has 0 radical (unpaired) electrons. The fourth-order valence-electron chi connectivity index (χ4n) is 1.56. The normalized spacial score (nSPS) is 12.0. The molecule has 1 rings (SSSR count). The van der Waals surface area contributed by atoms with Crippen LogP contribution in [0.15, 0.2) is 22.7 Å². The Labute approximate surface area is 116 Å². The van der Waals surface area contributed by atoms with Crippen LogP contribution in [0.4, 0.5) is 5.69 Å². The number of hydrogen-bond acceptors (Lipinski definition) is 4. The Morgan fingerprint density at radius 1 is 1.44 bits per heavy atom. The number of rotatable bonds is 6. The van der Waals surface area contributed by atoms with Crippen LogP contribution in [-0.4, -0.2) is 26.7 Å². The molecular formula is C13H18BrNO3. The van der Waals surface area contributed by atoms with Gasteiger partial charge in [-0.15, -0.1) is 0 Å². The molecule has 0 spiro atoms. The number of carbonyl (C=O) groups excluding carboxylic acids is 1. The van der Waals surface area contributed by atoms with Crippen molar-refractivity contribution in [1.82, 2.24) is 0 Å². The number of hydrogen-bond donors (Lipinski definition) is 1. The molecule has 0 saturated carbocycles. The van der Waals surface area contributed by atoms with E-state index in [1.165, 1.54) is 7.11 Å². The van der Waals surface area contributed by atoms with Crippen LogP contribution >= 0.6 is 15.9 Å². The summed E-state index contributed by atoms with van der Waals surface area (Å²) >= 11 is 3.49. The minimum atomic E-state index is -0.217. The minimum Gasteiger partial charge on any atom is -0.469 e. The number of anilines is 1. The van der Waals surface area contributed by atoms with Crippen molar-refractivity contribution in [2.45, 2.75) is 13.5 Å². The summed E-state index contributed by atoms with van der Waals surface area (Å²) < 4.78 is 10.8. The van der Waals surface area contributed by atoms with Crippen molar-refractivity contribution in [2.75, 3.05) is 26.1 Å². The van der Waals surface area contributed by atoms with Gasteiger partial charge < -0.3 is 14.8 Å². The first-order valence-electron chi connectivity index (χ1n) is 5.68. The first kappa shape index (κ1) is 15.0. The van der Waals surface area contributed by atoms with Crippen LogP contribution in [0.5, 0.6) is 0 Å². The molecule has 0 heterocycles. The smallest absolute Gasteiger partial charge is 0.310 e. The lowest BCUT2D eigenvalue weighted by Gasteiger charge is -2.15. The molecule has 1 atom stereocenters. The molecule has 100 valence electrons. The van der Waals surface area contributed by atoms with Crippen molar-refractivity contribution in [1.29, 1.82) is 0 Å². The maximum absolute atomic E-state index is 11.3. The highest BCUT2D eigenvalue weighted by Gasteiger charge is 2.14. The van der Waals surface area contributed by atoms with Crippen molar-refractivity contribution in [3.05, 3.63) is 28.2 Å². The highest BCUT2D eigenvalue weighted by Crippen LogP contribution is 2.25. The number of benzene rings is 1. The van der Waals surface area contributed by atoms with Gasteiger partial charge in [0.25, 0.3) is 0 Å². The second-order valence-corrected chi connectivity index (χ2v) is 4.86. The number of ether oxygens (including phenoxy) is 2. The van der Waals surface area contributed by atoms with E-state index in [-0.39, 0.29) is 11.9 Å². The van der Waals surface area contributed by atoms with E-state index >= 15 is 0 Å². The topological polar surface area (TPSA) is 47.6 Å². The van der Waals surface area contributed by atoms with Crippen molar-refractivity contribution < 1.29 is 14.3 Å². The highest BCUT2D eigenvalue weighted by molar-refractivity contribution is 9.10. The molecule has 0 bridgehead atoms. The van der Waals surface area contributed by atoms with Crippen molar-refractivity contribution in [3.8, 4) is 0 Å². The van der Waals surface area contributed by atoms with Gasteiger partial charge in [-0.2, -0.15) is 0 Å². The minimum absolute atomic E-state index is 0.190. The van der Waals surface area contributed by atoms with Crippen LogP contribution in [0.1, 0.15) is 12.5 Å². The molecule has 0 amide bonds. The number of halogens is 1. The van der Waals surface area contributed by atoms with E-state index in [2.05, 4.69) is 26.0 Å². The summed E-state index contributed by atoms with van der Waals surface area (Å²) in [6.07, 6.45) is 0. The molecule has 0 aromatic heterocycles. The third-order valence-corrected chi connectivity index (χ3v) is 3.35. The van der Waals surface area contributed by atoms with Crippen molar-refractivity contribution >= 4 is 27.6 Å². The first-order chi connectivity index (χ1) is 8.60. The molecule has 1 aromatic carbocycles. The average molecular weight is 316 g/mol. The van der Waals surface area contributed by atoms with Crippen molar-refractivity contribution in [3.63, 3.8) is 0 Å². The zero-order chi connectivity index (χ0) is 13.5. The van der Waals surface area contributed by atoms with Gasteiger partial charge in [-0.3, -0.25) is 4.79 Å². The van der Waals surface area contributed by atoms with E-state index in [1.54, 1.807) is 7.11 Å². The van der Waals surface area contributed by atoms with Crippen LogP contribution < -0.4 is 5.32 Å². The van der Waals surface area contributed by atoms with Gasteiger partial charge in [0, 0.05) is 29.4 Å². The zero-order valence-electron chi connectivity index (χ0n) is 10.8. The van der Waals surface area contributed by atoms with E-state index in [1.807, 2.05) is 25.1 Å². The lowest BCUT2D eigenvalue weighted by atomic mass is 10.1. The summed E-state index contributed by atoms with van der Waals surface area (Å²) in [6.45, 7) is 2.86. The predicted octanol–water partition coefficient (Wildman–Crippen LogP) is 2.82. The molecule has 1 N–H and O–H groups in total. The van der Waals surface area contributed by atoms with E-state index in [4.69, 9.17) is 4.74 Å². The van der Waals surface area contributed by atoms with Crippen LogP contribution in [0, 0.1) is 5.92 Å². The average Bonchev–Trinajstić information content (AvgIpc) is 2.38. The molecule has 1 unspecified atom stereocenters. The second kappa shape index (κ2) is 7.38. The number of nitrogens with one attached hydrogen (secondary N) is 1. The van der Waals surface area contributed by atoms with E-state index in [0.717, 1.165) is 15.7 Å². The van der Waals surface area contributed by atoms with Gasteiger partial charge in [0.05, 0.1) is 19.6 Å². The summed E-state index contributed by atoms with van der Waals surface area (Å²) in [6, 6.07) is 5.86. The third kappa shape index (κ3) is 3.99. The maximum Gasteiger partial charge on any atom is 0.310 e. The lowest BCUT2D eigenvalue weighted by Crippen LogP contribution is -2.21. The molecule has 1 aromatic rings. The van der Waals surface area contributed by atoms with Crippen LogP contribution in [0.25, 0.3) is 0 Å². The van der Waals surface area contributed by atoms with Gasteiger partial charge >= 0.3 is 5.97 Å². The summed E-state index contributed by atoms with van der Waals surface area (Å²) in [5.74, 6) is -0.407. The monoisotopic (exact) mass is 315 g/mol. The van der Waals surface area contributed by atoms with Crippen molar-refractivity contribution in [2.24, 2.45) is 5.92 Å². The number of esters is 1. The molecule has 0 fully saturated rings. The van der Waals surface area contributed by atoms with Gasteiger partial charge in [-0.1, -0.05) is 28.9 Å². The Balaban J connectivity index is 2.72. The van der Waals surface area contributed by atoms with Gasteiger partial charge in [0.2, 0.25) is 0 Å². The van der Waals surface area contributed by atoms with Gasteiger partial charge in [0.1, 0.15) is 0 Å². The zero-order valence-corrected chi connectivity index (χ0v) is 12.4. The molecule has 18 heavy (non-hydrogen) atoms. The molecule has 4 nitrogen and oxygen atoms in total. The standard InChI is InChI=1S/C13H18BrNO3/c1-9(13(16)18-3)7-15-12-6-4-5-11(14)10(12)8-17-2/h4-6,9,15H,7-8H2,1-3H3. The van der Waals surface area contributed by atoms with Crippen LogP contribution in [0.2, 0.25) is 0 Å². The third-order valence-electron chi connectivity index (χ3n) is 2.61. The fourth-order valence-corrected chi connectivity index (χ4v) is 2.04. The van der Waals surface area contributed by atoms with E-state index in [0.29, 0.717) is 13.2 Å². The summed E-state index contributed by atoms with van der Waals surface area (Å²) in [7, 11) is 3.05. The van der Waals surface area contributed by atoms with Gasteiger partial charge in [0.15, 0.2) is 0 Å². The number of methoxy groups -OCH3 is 2. The Hall–Kier alpha value is -1.07. The Kier molecular flexibility index (Phi) is 6.15. The van der Waals surface area contributed by atoms with Crippen LogP contribution in [-0.2, 0) is 20.9 Å². The molecule has 5 heteroatoms. The Bertz CT molecular complexity index is 409. The molecular weight excluding hydrogens is 298 g/mol. The summed E-state index contributed by atoms with van der Waals surface area (Å²) in [5, 5.41) is 3.24. The summed E-state index contributed by atoms with van der Waals surface area (Å²) in [5.41, 5.74) is 2.00. The number of carbonyl (C=O) groups is 1.